The molecule has 1 heterocycles. The minimum absolute atomic E-state index is 0.187. The predicted octanol–water partition coefficient (Wildman–Crippen LogP) is 2.58. The van der Waals surface area contributed by atoms with Gasteiger partial charge in [-0.1, -0.05) is 12.2 Å². The molecule has 0 amide bonds. The Morgan fingerprint density at radius 2 is 2.12 bits per heavy atom. The molecule has 0 saturated heterocycles. The van der Waals surface area contributed by atoms with Crippen LogP contribution in [0.4, 0.5) is 0 Å². The molecular formula is C14H22N2O. The van der Waals surface area contributed by atoms with E-state index in [4.69, 9.17) is 4.74 Å². The topological polar surface area (TPSA) is 34.2 Å². The Bertz CT molecular complexity index is 361. The summed E-state index contributed by atoms with van der Waals surface area (Å²) < 4.78 is 5.60. The van der Waals surface area contributed by atoms with Crippen molar-refractivity contribution < 1.29 is 4.74 Å². The zero-order valence-corrected chi connectivity index (χ0v) is 11.1. The molecule has 3 heteroatoms. The predicted molar refractivity (Wildman–Crippen MR) is 71.4 cm³/mol. The standard InChI is InChI=1S/C14H22N2O/c1-11(2)17-14-8-13(9-16-10-14)7-5-6-12(3)15-4/h5-6,8-12,15H,7H2,1-4H3/b6-5+/t12-/m0/s1. The molecule has 1 aromatic rings. The van der Waals surface area contributed by atoms with Gasteiger partial charge in [-0.05, 0) is 45.9 Å². The second-order valence-electron chi connectivity index (χ2n) is 4.41. The third kappa shape index (κ3) is 5.50. The molecule has 0 fully saturated rings. The molecule has 0 saturated carbocycles. The maximum absolute atomic E-state index is 5.60. The lowest BCUT2D eigenvalue weighted by atomic mass is 10.2. The van der Waals surface area contributed by atoms with E-state index in [0.29, 0.717) is 6.04 Å². The van der Waals surface area contributed by atoms with Crippen LogP contribution in [0.3, 0.4) is 0 Å². The maximum Gasteiger partial charge on any atom is 0.138 e. The van der Waals surface area contributed by atoms with Gasteiger partial charge in [0.05, 0.1) is 12.3 Å². The third-order valence-corrected chi connectivity index (χ3v) is 2.38. The summed E-state index contributed by atoms with van der Waals surface area (Å²) in [7, 11) is 1.95. The second-order valence-corrected chi connectivity index (χ2v) is 4.41. The van der Waals surface area contributed by atoms with Gasteiger partial charge >= 0.3 is 0 Å². The summed E-state index contributed by atoms with van der Waals surface area (Å²) in [5.74, 6) is 0.840. The van der Waals surface area contributed by atoms with Crippen LogP contribution in [-0.4, -0.2) is 24.2 Å². The van der Waals surface area contributed by atoms with Gasteiger partial charge in [0, 0.05) is 12.2 Å². The molecule has 1 aromatic heterocycles. The fourth-order valence-corrected chi connectivity index (χ4v) is 1.42. The average Bonchev–Trinajstić information content (AvgIpc) is 2.28. The number of rotatable bonds is 6. The Balaban J connectivity index is 2.56. The smallest absolute Gasteiger partial charge is 0.138 e. The number of aromatic nitrogens is 1. The van der Waals surface area contributed by atoms with E-state index in [1.54, 1.807) is 6.20 Å². The lowest BCUT2D eigenvalue weighted by Gasteiger charge is -2.09. The molecule has 17 heavy (non-hydrogen) atoms. The largest absolute Gasteiger partial charge is 0.489 e. The molecule has 1 N–H and O–H groups in total. The van der Waals surface area contributed by atoms with Crippen LogP contribution in [0, 0.1) is 0 Å². The van der Waals surface area contributed by atoms with Crippen molar-refractivity contribution in [3.8, 4) is 5.75 Å². The first-order valence-corrected chi connectivity index (χ1v) is 6.06. The molecule has 1 rings (SSSR count). The van der Waals surface area contributed by atoms with Gasteiger partial charge in [0.2, 0.25) is 0 Å². The zero-order chi connectivity index (χ0) is 12.7. The molecule has 94 valence electrons. The molecule has 3 nitrogen and oxygen atoms in total. The number of hydrogen-bond donors (Lipinski definition) is 1. The molecule has 0 spiro atoms. The van der Waals surface area contributed by atoms with E-state index in [2.05, 4.69) is 29.4 Å². The van der Waals surface area contributed by atoms with Gasteiger partial charge in [0.1, 0.15) is 5.75 Å². The Hall–Kier alpha value is -1.35. The Morgan fingerprint density at radius 3 is 2.76 bits per heavy atom. The van der Waals surface area contributed by atoms with E-state index < -0.39 is 0 Å². The summed E-state index contributed by atoms with van der Waals surface area (Å²) in [6, 6.07) is 2.44. The molecule has 0 aliphatic carbocycles. The van der Waals surface area contributed by atoms with Crippen molar-refractivity contribution in [1.82, 2.24) is 10.3 Å². The van der Waals surface area contributed by atoms with Crippen molar-refractivity contribution in [3.63, 3.8) is 0 Å². The van der Waals surface area contributed by atoms with Crippen molar-refractivity contribution in [1.29, 1.82) is 0 Å². The molecule has 0 aromatic carbocycles. The summed E-state index contributed by atoms with van der Waals surface area (Å²) >= 11 is 0. The van der Waals surface area contributed by atoms with Gasteiger partial charge in [0.15, 0.2) is 0 Å². The summed E-state index contributed by atoms with van der Waals surface area (Å²) in [6.45, 7) is 6.15. The highest BCUT2D eigenvalue weighted by Gasteiger charge is 1.99. The summed E-state index contributed by atoms with van der Waals surface area (Å²) in [4.78, 5) is 4.18. The monoisotopic (exact) mass is 234 g/mol. The van der Waals surface area contributed by atoms with Crippen molar-refractivity contribution >= 4 is 0 Å². The Kier molecular flexibility index (Phi) is 5.70. The third-order valence-electron chi connectivity index (χ3n) is 2.38. The molecule has 0 unspecified atom stereocenters. The van der Waals surface area contributed by atoms with Crippen LogP contribution in [0.2, 0.25) is 0 Å². The van der Waals surface area contributed by atoms with Crippen LogP contribution in [0.25, 0.3) is 0 Å². The molecule has 0 radical (unpaired) electrons. The van der Waals surface area contributed by atoms with Crippen molar-refractivity contribution in [2.75, 3.05) is 7.05 Å². The molecule has 1 atom stereocenters. The van der Waals surface area contributed by atoms with E-state index in [0.717, 1.165) is 12.2 Å². The van der Waals surface area contributed by atoms with Gasteiger partial charge in [0.25, 0.3) is 0 Å². The van der Waals surface area contributed by atoms with Crippen LogP contribution < -0.4 is 10.1 Å². The first-order valence-electron chi connectivity index (χ1n) is 6.06. The molecule has 0 aliphatic rings. The van der Waals surface area contributed by atoms with E-state index in [-0.39, 0.29) is 6.10 Å². The van der Waals surface area contributed by atoms with E-state index in [9.17, 15) is 0 Å². The zero-order valence-electron chi connectivity index (χ0n) is 11.1. The number of allylic oxidation sites excluding steroid dienone is 1. The summed E-state index contributed by atoms with van der Waals surface area (Å²) in [6.07, 6.45) is 9.00. The van der Waals surface area contributed by atoms with Gasteiger partial charge in [-0.25, -0.2) is 0 Å². The van der Waals surface area contributed by atoms with Gasteiger partial charge in [-0.2, -0.15) is 0 Å². The van der Waals surface area contributed by atoms with E-state index in [1.165, 1.54) is 5.56 Å². The molecular weight excluding hydrogens is 212 g/mol. The summed E-state index contributed by atoms with van der Waals surface area (Å²) in [5, 5.41) is 3.16. The summed E-state index contributed by atoms with van der Waals surface area (Å²) in [5.41, 5.74) is 1.17. The second kappa shape index (κ2) is 7.07. The van der Waals surface area contributed by atoms with Gasteiger partial charge < -0.3 is 10.1 Å². The highest BCUT2D eigenvalue weighted by atomic mass is 16.5. The number of ether oxygens (including phenoxy) is 1. The normalized spacial score (nSPS) is 13.2. The van der Waals surface area contributed by atoms with Crippen LogP contribution >= 0.6 is 0 Å². The van der Waals surface area contributed by atoms with Crippen molar-refractivity contribution in [3.05, 3.63) is 36.2 Å². The average molecular weight is 234 g/mol. The van der Waals surface area contributed by atoms with Gasteiger partial charge in [-0.3, -0.25) is 4.98 Å². The first kappa shape index (κ1) is 13.7. The van der Waals surface area contributed by atoms with Crippen molar-refractivity contribution in [2.45, 2.75) is 39.3 Å². The minimum atomic E-state index is 0.187. The number of nitrogens with zero attached hydrogens (tertiary/aromatic N) is 1. The Morgan fingerprint density at radius 1 is 1.35 bits per heavy atom. The molecule has 0 aliphatic heterocycles. The highest BCUT2D eigenvalue weighted by molar-refractivity contribution is 5.25. The fraction of sp³-hybridized carbons (Fsp3) is 0.500. The maximum atomic E-state index is 5.60. The van der Waals surface area contributed by atoms with E-state index in [1.807, 2.05) is 33.2 Å². The van der Waals surface area contributed by atoms with Crippen LogP contribution in [0.15, 0.2) is 30.6 Å². The number of nitrogens with one attached hydrogen (secondary N) is 1. The van der Waals surface area contributed by atoms with Crippen LogP contribution in [0.5, 0.6) is 5.75 Å². The number of likely N-dealkylation sites (N-methyl/N-ethyl adjacent to an activating group) is 1. The highest BCUT2D eigenvalue weighted by Crippen LogP contribution is 2.13. The fourth-order valence-electron chi connectivity index (χ4n) is 1.42. The molecule has 0 bridgehead atoms. The number of hydrogen-bond acceptors (Lipinski definition) is 3. The van der Waals surface area contributed by atoms with Crippen molar-refractivity contribution in [2.24, 2.45) is 0 Å². The quantitative estimate of drug-likeness (QED) is 0.768. The minimum Gasteiger partial charge on any atom is -0.489 e. The lowest BCUT2D eigenvalue weighted by Crippen LogP contribution is -2.17. The SMILES string of the molecule is CN[C@@H](C)/C=C/Cc1cncc(OC(C)C)c1. The Labute approximate surface area is 104 Å². The van der Waals surface area contributed by atoms with Gasteiger partial charge in [-0.15, -0.1) is 0 Å². The first-order chi connectivity index (χ1) is 8.11. The van der Waals surface area contributed by atoms with Crippen LogP contribution in [0.1, 0.15) is 26.3 Å². The lowest BCUT2D eigenvalue weighted by molar-refractivity contribution is 0.241. The van der Waals surface area contributed by atoms with Crippen LogP contribution in [-0.2, 0) is 6.42 Å². The van der Waals surface area contributed by atoms with E-state index >= 15 is 0 Å². The number of pyridine rings is 1.